The first-order chi connectivity index (χ1) is 13.6. The first-order valence-corrected chi connectivity index (χ1v) is 8.78. The molecule has 3 aromatic rings. The van der Waals surface area contributed by atoms with Gasteiger partial charge in [0.25, 0.3) is 17.7 Å². The van der Waals surface area contributed by atoms with Crippen molar-refractivity contribution in [2.24, 2.45) is 0 Å². The van der Waals surface area contributed by atoms with Gasteiger partial charge in [0.15, 0.2) is 5.76 Å². The van der Waals surface area contributed by atoms with Crippen molar-refractivity contribution in [2.75, 3.05) is 0 Å². The van der Waals surface area contributed by atoms with E-state index in [1.54, 1.807) is 30.5 Å². The van der Waals surface area contributed by atoms with Crippen LogP contribution in [-0.2, 0) is 17.8 Å². The lowest BCUT2D eigenvalue weighted by molar-refractivity contribution is -0.127. The van der Waals surface area contributed by atoms with Crippen molar-refractivity contribution in [3.63, 3.8) is 0 Å². The fourth-order valence-electron chi connectivity index (χ4n) is 3.25. The molecule has 3 amide bonds. The SMILES string of the molecule is O=C(NNC(=O)C1Cc2ccccc2CN1C(=O)c1ccco1)c1ccc[nH]1. The number of hydrogen-bond donors (Lipinski definition) is 3. The van der Waals surface area contributed by atoms with Gasteiger partial charge in [0.2, 0.25) is 0 Å². The van der Waals surface area contributed by atoms with Crippen LogP contribution in [0.1, 0.15) is 32.2 Å². The highest BCUT2D eigenvalue weighted by atomic mass is 16.3. The number of furan rings is 1. The van der Waals surface area contributed by atoms with E-state index in [2.05, 4.69) is 15.8 Å². The van der Waals surface area contributed by atoms with Crippen LogP contribution in [0.4, 0.5) is 0 Å². The Morgan fingerprint density at radius 1 is 1.00 bits per heavy atom. The molecule has 0 saturated heterocycles. The number of hydrazine groups is 1. The first-order valence-electron chi connectivity index (χ1n) is 8.78. The molecule has 0 bridgehead atoms. The van der Waals surface area contributed by atoms with Gasteiger partial charge in [-0.2, -0.15) is 0 Å². The van der Waals surface area contributed by atoms with Crippen molar-refractivity contribution < 1.29 is 18.8 Å². The molecule has 0 radical (unpaired) electrons. The van der Waals surface area contributed by atoms with Gasteiger partial charge < -0.3 is 14.3 Å². The number of benzene rings is 1. The van der Waals surface area contributed by atoms with Gasteiger partial charge >= 0.3 is 0 Å². The Bertz CT molecular complexity index is 995. The number of hydrogen-bond acceptors (Lipinski definition) is 4. The zero-order chi connectivity index (χ0) is 19.5. The number of nitrogens with zero attached hydrogens (tertiary/aromatic N) is 1. The minimum atomic E-state index is -0.781. The van der Waals surface area contributed by atoms with E-state index in [0.29, 0.717) is 12.1 Å². The molecule has 0 fully saturated rings. The van der Waals surface area contributed by atoms with Crippen molar-refractivity contribution >= 4 is 17.7 Å². The topological polar surface area (TPSA) is 107 Å². The summed E-state index contributed by atoms with van der Waals surface area (Å²) in [4.78, 5) is 41.9. The van der Waals surface area contributed by atoms with E-state index in [-0.39, 0.29) is 18.2 Å². The molecule has 4 rings (SSSR count). The molecule has 1 unspecified atom stereocenters. The van der Waals surface area contributed by atoms with Crippen LogP contribution in [0.25, 0.3) is 0 Å². The summed E-state index contributed by atoms with van der Waals surface area (Å²) in [7, 11) is 0. The summed E-state index contributed by atoms with van der Waals surface area (Å²) in [5.74, 6) is -1.17. The Kier molecular flexibility index (Phi) is 4.67. The van der Waals surface area contributed by atoms with Gasteiger partial charge in [-0.1, -0.05) is 24.3 Å². The number of carbonyl (C=O) groups excluding carboxylic acids is 3. The summed E-state index contributed by atoms with van der Waals surface area (Å²) >= 11 is 0. The molecule has 1 aliphatic heterocycles. The van der Waals surface area contributed by atoms with Gasteiger partial charge in [0.05, 0.1) is 6.26 Å². The number of rotatable bonds is 3. The van der Waals surface area contributed by atoms with Crippen molar-refractivity contribution in [2.45, 2.75) is 19.0 Å². The summed E-state index contributed by atoms with van der Waals surface area (Å²) in [6, 6.07) is 13.3. The largest absolute Gasteiger partial charge is 0.459 e. The monoisotopic (exact) mass is 378 g/mol. The van der Waals surface area contributed by atoms with Gasteiger partial charge in [-0.3, -0.25) is 25.2 Å². The molecule has 3 heterocycles. The van der Waals surface area contributed by atoms with Crippen LogP contribution >= 0.6 is 0 Å². The van der Waals surface area contributed by atoms with E-state index in [4.69, 9.17) is 4.42 Å². The van der Waals surface area contributed by atoms with Gasteiger partial charge in [0, 0.05) is 19.2 Å². The van der Waals surface area contributed by atoms with Gasteiger partial charge in [-0.15, -0.1) is 0 Å². The Balaban J connectivity index is 1.54. The molecule has 142 valence electrons. The van der Waals surface area contributed by atoms with Crippen LogP contribution in [0.15, 0.2) is 65.4 Å². The maximum atomic E-state index is 12.9. The average Bonchev–Trinajstić information content (AvgIpc) is 3.44. The van der Waals surface area contributed by atoms with Crippen molar-refractivity contribution in [3.8, 4) is 0 Å². The van der Waals surface area contributed by atoms with Crippen molar-refractivity contribution in [1.29, 1.82) is 0 Å². The molecule has 3 N–H and O–H groups in total. The first kappa shape index (κ1) is 17.6. The molecule has 8 nitrogen and oxygen atoms in total. The van der Waals surface area contributed by atoms with Crippen LogP contribution < -0.4 is 10.9 Å². The molecular weight excluding hydrogens is 360 g/mol. The van der Waals surface area contributed by atoms with E-state index in [9.17, 15) is 14.4 Å². The highest BCUT2D eigenvalue weighted by Crippen LogP contribution is 2.25. The number of carbonyl (C=O) groups is 3. The second-order valence-electron chi connectivity index (χ2n) is 6.43. The van der Waals surface area contributed by atoms with Crippen LogP contribution in [-0.4, -0.2) is 33.6 Å². The highest BCUT2D eigenvalue weighted by molar-refractivity contribution is 5.97. The summed E-state index contributed by atoms with van der Waals surface area (Å²) in [5.41, 5.74) is 7.07. The standard InChI is InChI=1S/C20H18N4O4/c25-18(15-7-3-9-21-15)22-23-19(26)16-11-13-5-1-2-6-14(13)12-24(16)20(27)17-8-4-10-28-17/h1-10,16,21H,11-12H2,(H,22,25)(H,23,26). The molecule has 1 aromatic carbocycles. The van der Waals surface area contributed by atoms with Crippen molar-refractivity contribution in [1.82, 2.24) is 20.7 Å². The molecule has 2 aromatic heterocycles. The quantitative estimate of drug-likeness (QED) is 0.602. The third kappa shape index (κ3) is 3.39. The maximum Gasteiger partial charge on any atom is 0.290 e. The van der Waals surface area contributed by atoms with Crippen molar-refractivity contribution in [3.05, 3.63) is 83.6 Å². The Labute approximate surface area is 160 Å². The molecular formula is C20H18N4O4. The van der Waals surface area contributed by atoms with E-state index in [1.807, 2.05) is 24.3 Å². The Morgan fingerprint density at radius 2 is 1.82 bits per heavy atom. The smallest absolute Gasteiger partial charge is 0.290 e. The second kappa shape index (κ2) is 7.43. The lowest BCUT2D eigenvalue weighted by atomic mass is 9.93. The number of amides is 3. The molecule has 0 spiro atoms. The number of H-pyrrole nitrogens is 1. The van der Waals surface area contributed by atoms with E-state index < -0.39 is 17.9 Å². The molecule has 28 heavy (non-hydrogen) atoms. The minimum Gasteiger partial charge on any atom is -0.459 e. The van der Waals surface area contributed by atoms with E-state index >= 15 is 0 Å². The molecule has 8 heteroatoms. The predicted molar refractivity (Wildman–Crippen MR) is 98.9 cm³/mol. The summed E-state index contributed by atoms with van der Waals surface area (Å²) < 4.78 is 5.21. The zero-order valence-electron chi connectivity index (χ0n) is 14.8. The van der Waals surface area contributed by atoms with Gasteiger partial charge in [-0.25, -0.2) is 0 Å². The van der Waals surface area contributed by atoms with Crippen LogP contribution in [0, 0.1) is 0 Å². The lowest BCUT2D eigenvalue weighted by Crippen LogP contribution is -2.56. The molecule has 0 saturated carbocycles. The van der Waals surface area contributed by atoms with Crippen LogP contribution in [0.5, 0.6) is 0 Å². The van der Waals surface area contributed by atoms with Crippen LogP contribution in [0.2, 0.25) is 0 Å². The summed E-state index contributed by atoms with van der Waals surface area (Å²) in [6.07, 6.45) is 3.36. The third-order valence-corrected chi connectivity index (χ3v) is 4.69. The van der Waals surface area contributed by atoms with E-state index in [0.717, 1.165) is 11.1 Å². The Morgan fingerprint density at radius 3 is 2.54 bits per heavy atom. The van der Waals surface area contributed by atoms with Crippen LogP contribution in [0.3, 0.4) is 0 Å². The highest BCUT2D eigenvalue weighted by Gasteiger charge is 2.36. The fraction of sp³-hybridized carbons (Fsp3) is 0.150. The summed E-state index contributed by atoms with van der Waals surface area (Å²) in [6.45, 7) is 0.276. The normalized spacial score (nSPS) is 15.6. The number of fused-ring (bicyclic) bond motifs is 1. The second-order valence-corrected chi connectivity index (χ2v) is 6.43. The Hall–Kier alpha value is -3.81. The fourth-order valence-corrected chi connectivity index (χ4v) is 3.25. The number of nitrogens with one attached hydrogen (secondary N) is 3. The average molecular weight is 378 g/mol. The predicted octanol–water partition coefficient (Wildman–Crippen LogP) is 1.64. The maximum absolute atomic E-state index is 12.9. The van der Waals surface area contributed by atoms with E-state index in [1.165, 1.54) is 11.2 Å². The summed E-state index contributed by atoms with van der Waals surface area (Å²) in [5, 5.41) is 0. The molecule has 0 aliphatic carbocycles. The lowest BCUT2D eigenvalue weighted by Gasteiger charge is -2.35. The minimum absolute atomic E-state index is 0.160. The zero-order valence-corrected chi connectivity index (χ0v) is 14.8. The number of aromatic amines is 1. The van der Waals surface area contributed by atoms with Gasteiger partial charge in [-0.05, 0) is 35.4 Å². The molecule has 1 atom stereocenters. The molecule has 1 aliphatic rings. The van der Waals surface area contributed by atoms with Gasteiger partial charge in [0.1, 0.15) is 11.7 Å². The number of aromatic nitrogens is 1. The third-order valence-electron chi connectivity index (χ3n) is 4.69.